The van der Waals surface area contributed by atoms with Gasteiger partial charge in [-0.3, -0.25) is 9.48 Å². The first-order valence-electron chi connectivity index (χ1n) is 8.78. The number of nitrogens with zero attached hydrogens (tertiary/aromatic N) is 6. The zero-order valence-corrected chi connectivity index (χ0v) is 15.8. The molecule has 2 aromatic rings. The maximum atomic E-state index is 12.3. The summed E-state index contributed by atoms with van der Waals surface area (Å²) < 4.78 is 3.84. The van der Waals surface area contributed by atoms with Crippen LogP contribution >= 0.6 is 11.8 Å². The molecule has 0 unspecified atom stereocenters. The second kappa shape index (κ2) is 7.99. The molecule has 1 aliphatic carbocycles. The van der Waals surface area contributed by atoms with Gasteiger partial charge in [0.2, 0.25) is 5.91 Å². The van der Waals surface area contributed by atoms with E-state index in [1.807, 2.05) is 30.1 Å². The highest BCUT2D eigenvalue weighted by Gasteiger charge is 2.21. The van der Waals surface area contributed by atoms with Crippen molar-refractivity contribution >= 4 is 23.4 Å². The summed E-state index contributed by atoms with van der Waals surface area (Å²) in [4.78, 5) is 12.3. The van der Waals surface area contributed by atoms with E-state index in [2.05, 4.69) is 25.9 Å². The number of aromatic nitrogens is 6. The Morgan fingerprint density at radius 3 is 2.76 bits per heavy atom. The second-order valence-corrected chi connectivity index (χ2v) is 7.37. The average Bonchev–Trinajstić information content (AvgIpc) is 3.31. The summed E-state index contributed by atoms with van der Waals surface area (Å²) in [6.07, 6.45) is 4.76. The highest BCUT2D eigenvalue weighted by molar-refractivity contribution is 7.99. The first-order chi connectivity index (χ1) is 12.1. The van der Waals surface area contributed by atoms with Crippen LogP contribution in [0.15, 0.2) is 0 Å². The number of hydrogen-bond donors (Lipinski definition) is 1. The monoisotopic (exact) mass is 363 g/mol. The van der Waals surface area contributed by atoms with Crippen LogP contribution in [0.5, 0.6) is 0 Å². The average molecular weight is 363 g/mol. The molecule has 1 amide bonds. The number of hydrogen-bond acceptors (Lipinski definition) is 6. The molecule has 1 N–H and O–H groups in total. The van der Waals surface area contributed by atoms with Gasteiger partial charge in [0, 0.05) is 6.54 Å². The predicted molar refractivity (Wildman–Crippen MR) is 97.5 cm³/mol. The number of nitrogens with one attached hydrogen (secondary N) is 1. The molecule has 1 saturated carbocycles. The Morgan fingerprint density at radius 1 is 1.32 bits per heavy atom. The van der Waals surface area contributed by atoms with Gasteiger partial charge in [-0.2, -0.15) is 5.10 Å². The standard InChI is InChI=1S/C16H25N7OS/c1-4-22-12(3)16(11(2)19-22)17-15(24)10-25-9-14-18-20-21-23(14)13-7-5-6-8-13/h13H,4-10H2,1-3H3,(H,17,24). The fourth-order valence-corrected chi connectivity index (χ4v) is 4.07. The van der Waals surface area contributed by atoms with Crippen LogP contribution in [0.25, 0.3) is 0 Å². The minimum Gasteiger partial charge on any atom is -0.322 e. The van der Waals surface area contributed by atoms with E-state index >= 15 is 0 Å². The number of carbonyl (C=O) groups is 1. The predicted octanol–water partition coefficient (Wildman–Crippen LogP) is 2.49. The van der Waals surface area contributed by atoms with Gasteiger partial charge in [0.1, 0.15) is 0 Å². The Bertz CT molecular complexity index is 733. The number of anilines is 1. The molecule has 136 valence electrons. The van der Waals surface area contributed by atoms with Crippen LogP contribution in [0.3, 0.4) is 0 Å². The van der Waals surface area contributed by atoms with Gasteiger partial charge in [-0.25, -0.2) is 4.68 Å². The van der Waals surface area contributed by atoms with Gasteiger partial charge < -0.3 is 5.32 Å². The zero-order chi connectivity index (χ0) is 17.8. The van der Waals surface area contributed by atoms with Gasteiger partial charge in [-0.05, 0) is 44.0 Å². The van der Waals surface area contributed by atoms with Crippen molar-refractivity contribution < 1.29 is 4.79 Å². The minimum atomic E-state index is -0.0215. The normalized spacial score (nSPS) is 15.0. The van der Waals surface area contributed by atoms with Crippen molar-refractivity contribution in [3.8, 4) is 0 Å². The van der Waals surface area contributed by atoms with Crippen LogP contribution in [0.2, 0.25) is 0 Å². The molecule has 2 aromatic heterocycles. The number of tetrazole rings is 1. The summed E-state index contributed by atoms with van der Waals surface area (Å²) >= 11 is 1.53. The van der Waals surface area contributed by atoms with Gasteiger partial charge in [0.25, 0.3) is 0 Å². The van der Waals surface area contributed by atoms with Gasteiger partial charge in [-0.15, -0.1) is 16.9 Å². The van der Waals surface area contributed by atoms with Crippen molar-refractivity contribution in [3.63, 3.8) is 0 Å². The van der Waals surface area contributed by atoms with Crippen LogP contribution in [0, 0.1) is 13.8 Å². The lowest BCUT2D eigenvalue weighted by Crippen LogP contribution is -2.16. The van der Waals surface area contributed by atoms with Gasteiger partial charge in [0.05, 0.1) is 34.6 Å². The molecule has 0 spiro atoms. The Morgan fingerprint density at radius 2 is 2.08 bits per heavy atom. The molecule has 0 atom stereocenters. The van der Waals surface area contributed by atoms with E-state index in [1.165, 1.54) is 24.6 Å². The molecule has 1 fully saturated rings. The van der Waals surface area contributed by atoms with Crippen LogP contribution in [0.1, 0.15) is 55.9 Å². The van der Waals surface area contributed by atoms with Crippen LogP contribution < -0.4 is 5.32 Å². The molecular formula is C16H25N7OS. The molecule has 0 saturated heterocycles. The first kappa shape index (κ1) is 17.9. The van der Waals surface area contributed by atoms with E-state index in [0.29, 0.717) is 17.5 Å². The van der Waals surface area contributed by atoms with Gasteiger partial charge in [0.15, 0.2) is 5.82 Å². The molecule has 1 aliphatic rings. The summed E-state index contributed by atoms with van der Waals surface area (Å²) in [6, 6.07) is 0.421. The van der Waals surface area contributed by atoms with E-state index in [9.17, 15) is 4.79 Å². The molecule has 0 aliphatic heterocycles. The molecule has 2 heterocycles. The van der Waals surface area contributed by atoms with Crippen molar-refractivity contribution in [3.05, 3.63) is 17.2 Å². The van der Waals surface area contributed by atoms with Crippen molar-refractivity contribution in [2.24, 2.45) is 0 Å². The van der Waals surface area contributed by atoms with E-state index in [4.69, 9.17) is 0 Å². The Labute approximate surface area is 151 Å². The molecule has 3 rings (SSSR count). The van der Waals surface area contributed by atoms with Crippen molar-refractivity contribution in [1.82, 2.24) is 30.0 Å². The van der Waals surface area contributed by atoms with Crippen LogP contribution in [-0.4, -0.2) is 41.6 Å². The van der Waals surface area contributed by atoms with Gasteiger partial charge >= 0.3 is 0 Å². The number of rotatable bonds is 7. The lowest BCUT2D eigenvalue weighted by atomic mass is 10.2. The van der Waals surface area contributed by atoms with E-state index in [1.54, 1.807) is 0 Å². The smallest absolute Gasteiger partial charge is 0.234 e. The summed E-state index contributed by atoms with van der Waals surface area (Å²) in [7, 11) is 0. The third kappa shape index (κ3) is 4.02. The summed E-state index contributed by atoms with van der Waals surface area (Å²) in [6.45, 7) is 6.72. The first-order valence-corrected chi connectivity index (χ1v) is 9.94. The maximum absolute atomic E-state index is 12.3. The summed E-state index contributed by atoms with van der Waals surface area (Å²) in [5.74, 6) is 1.85. The van der Waals surface area contributed by atoms with Crippen molar-refractivity contribution in [2.45, 2.75) is 64.8 Å². The summed E-state index contributed by atoms with van der Waals surface area (Å²) in [5.41, 5.74) is 2.66. The molecular weight excluding hydrogens is 338 g/mol. The van der Waals surface area contributed by atoms with E-state index in [-0.39, 0.29) is 5.91 Å². The Balaban J connectivity index is 1.52. The quantitative estimate of drug-likeness (QED) is 0.813. The molecule has 0 radical (unpaired) electrons. The molecule has 0 bridgehead atoms. The van der Waals surface area contributed by atoms with E-state index in [0.717, 1.165) is 42.3 Å². The maximum Gasteiger partial charge on any atom is 0.234 e. The van der Waals surface area contributed by atoms with Gasteiger partial charge in [-0.1, -0.05) is 12.8 Å². The van der Waals surface area contributed by atoms with Crippen LogP contribution in [-0.2, 0) is 17.1 Å². The third-order valence-corrected chi connectivity index (χ3v) is 5.57. The lowest BCUT2D eigenvalue weighted by Gasteiger charge is -2.11. The number of carbonyl (C=O) groups excluding carboxylic acids is 1. The van der Waals surface area contributed by atoms with E-state index < -0.39 is 0 Å². The molecule has 0 aromatic carbocycles. The third-order valence-electron chi connectivity index (χ3n) is 4.64. The highest BCUT2D eigenvalue weighted by Crippen LogP contribution is 2.29. The van der Waals surface area contributed by atoms with Crippen molar-refractivity contribution in [2.75, 3.05) is 11.1 Å². The molecule has 25 heavy (non-hydrogen) atoms. The van der Waals surface area contributed by atoms with Crippen molar-refractivity contribution in [1.29, 1.82) is 0 Å². The second-order valence-electron chi connectivity index (χ2n) is 6.38. The fourth-order valence-electron chi connectivity index (χ4n) is 3.34. The Kier molecular flexibility index (Phi) is 5.72. The number of amides is 1. The fraction of sp³-hybridized carbons (Fsp3) is 0.688. The SMILES string of the molecule is CCn1nc(C)c(NC(=O)CSCc2nnnn2C2CCCC2)c1C. The topological polar surface area (TPSA) is 90.5 Å². The van der Waals surface area contributed by atoms with Crippen LogP contribution in [0.4, 0.5) is 5.69 Å². The molecule has 9 heteroatoms. The molecule has 8 nitrogen and oxygen atoms in total. The number of aryl methyl sites for hydroxylation is 2. The number of thioether (sulfide) groups is 1. The minimum absolute atomic E-state index is 0.0215. The lowest BCUT2D eigenvalue weighted by molar-refractivity contribution is -0.113. The highest BCUT2D eigenvalue weighted by atomic mass is 32.2. The zero-order valence-electron chi connectivity index (χ0n) is 15.0. The summed E-state index contributed by atoms with van der Waals surface area (Å²) in [5, 5.41) is 19.5. The largest absolute Gasteiger partial charge is 0.322 e. The Hall–Kier alpha value is -1.90.